The monoisotopic (exact) mass is 360 g/mol. The zero-order valence-electron chi connectivity index (χ0n) is 11.3. The maximum atomic E-state index is 12.2. The average Bonchev–Trinajstić information content (AvgIpc) is 2.53. The molecule has 1 fully saturated rings. The average molecular weight is 362 g/mol. The van der Waals surface area contributed by atoms with Crippen LogP contribution in [0.25, 0.3) is 0 Å². The Morgan fingerprint density at radius 1 is 1.23 bits per heavy atom. The number of nitrogens with zero attached hydrogens (tertiary/aromatic N) is 3. The predicted molar refractivity (Wildman–Crippen MR) is 85.5 cm³/mol. The van der Waals surface area contributed by atoms with Gasteiger partial charge in [-0.05, 0) is 12.1 Å². The van der Waals surface area contributed by atoms with Gasteiger partial charge in [-0.3, -0.25) is 10.2 Å². The van der Waals surface area contributed by atoms with E-state index in [0.717, 1.165) is 0 Å². The van der Waals surface area contributed by atoms with E-state index in [1.807, 2.05) is 0 Å². The summed E-state index contributed by atoms with van der Waals surface area (Å²) in [5.74, 6) is -0.463. The molecule has 1 amide bonds. The van der Waals surface area contributed by atoms with Gasteiger partial charge in [-0.25, -0.2) is 0 Å². The molecule has 22 heavy (non-hydrogen) atoms. The molecule has 0 radical (unpaired) electrons. The fourth-order valence-corrected chi connectivity index (χ4v) is 2.35. The van der Waals surface area contributed by atoms with E-state index in [4.69, 9.17) is 44.8 Å². The number of morpholine rings is 1. The molecule has 1 aliphatic heterocycles. The third-order valence-electron chi connectivity index (χ3n) is 2.90. The molecule has 9 heteroatoms. The van der Waals surface area contributed by atoms with Crippen molar-refractivity contribution >= 4 is 52.1 Å². The fraction of sp³-hybridized carbons (Fsp3) is 0.308. The first-order valence-corrected chi connectivity index (χ1v) is 7.41. The second-order valence-corrected chi connectivity index (χ2v) is 5.56. The van der Waals surface area contributed by atoms with Crippen LogP contribution in [0.3, 0.4) is 0 Å². The number of carbonyl (C=O) groups excluding carboxylic acids is 1. The van der Waals surface area contributed by atoms with E-state index in [1.54, 1.807) is 6.07 Å². The van der Waals surface area contributed by atoms with Gasteiger partial charge in [-0.15, -0.1) is 0 Å². The Balaban J connectivity index is 2.14. The lowest BCUT2D eigenvalue weighted by Crippen LogP contribution is -2.44. The lowest BCUT2D eigenvalue weighted by molar-refractivity contribution is -0.127. The molecule has 0 aromatic heterocycles. The summed E-state index contributed by atoms with van der Waals surface area (Å²) < 4.78 is 5.16. The number of nitrogens with one attached hydrogen (secondary N) is 1. The highest BCUT2D eigenvalue weighted by Gasteiger charge is 2.22. The highest BCUT2D eigenvalue weighted by Crippen LogP contribution is 2.32. The molecule has 1 saturated heterocycles. The SMILES string of the molecule is N#C/C(=N\Nc1cc(Cl)c(Cl)cc1Cl)C(=O)N1CCOCC1. The molecule has 2 rings (SSSR count). The summed E-state index contributed by atoms with van der Waals surface area (Å²) in [6.45, 7) is 1.73. The van der Waals surface area contributed by atoms with Crippen LogP contribution in [0.4, 0.5) is 5.69 Å². The highest BCUT2D eigenvalue weighted by molar-refractivity contribution is 6.45. The van der Waals surface area contributed by atoms with Crippen molar-refractivity contribution in [3.63, 3.8) is 0 Å². The van der Waals surface area contributed by atoms with E-state index >= 15 is 0 Å². The molecule has 0 aliphatic carbocycles. The summed E-state index contributed by atoms with van der Waals surface area (Å²) in [6, 6.07) is 4.67. The Labute approximate surface area is 142 Å². The summed E-state index contributed by atoms with van der Waals surface area (Å²) >= 11 is 17.7. The maximum Gasteiger partial charge on any atom is 0.285 e. The minimum atomic E-state index is -0.463. The molecule has 1 aliphatic rings. The first-order valence-electron chi connectivity index (χ1n) is 6.28. The molecule has 1 aromatic rings. The van der Waals surface area contributed by atoms with Crippen LogP contribution in [0.15, 0.2) is 17.2 Å². The van der Waals surface area contributed by atoms with Crippen molar-refractivity contribution in [1.29, 1.82) is 5.26 Å². The summed E-state index contributed by atoms with van der Waals surface area (Å²) in [5.41, 5.74) is 2.64. The summed E-state index contributed by atoms with van der Waals surface area (Å²) in [7, 11) is 0. The van der Waals surface area contributed by atoms with Gasteiger partial charge in [-0.1, -0.05) is 34.8 Å². The Kier molecular flexibility index (Phi) is 5.86. The van der Waals surface area contributed by atoms with E-state index in [-0.39, 0.29) is 15.8 Å². The largest absolute Gasteiger partial charge is 0.378 e. The second-order valence-electron chi connectivity index (χ2n) is 4.33. The zero-order chi connectivity index (χ0) is 16.1. The van der Waals surface area contributed by atoms with Crippen molar-refractivity contribution in [2.45, 2.75) is 0 Å². The van der Waals surface area contributed by atoms with E-state index in [0.29, 0.717) is 37.0 Å². The van der Waals surface area contributed by atoms with Crippen LogP contribution in [0.5, 0.6) is 0 Å². The van der Waals surface area contributed by atoms with E-state index in [1.165, 1.54) is 17.0 Å². The number of ether oxygens (including phenoxy) is 1. The minimum Gasteiger partial charge on any atom is -0.378 e. The van der Waals surface area contributed by atoms with Crippen molar-refractivity contribution in [3.8, 4) is 6.07 Å². The van der Waals surface area contributed by atoms with Gasteiger partial charge in [0.25, 0.3) is 5.91 Å². The van der Waals surface area contributed by atoms with Crippen LogP contribution in [-0.4, -0.2) is 42.8 Å². The van der Waals surface area contributed by atoms with Gasteiger partial charge in [0, 0.05) is 13.1 Å². The van der Waals surface area contributed by atoms with Crippen molar-refractivity contribution in [2.75, 3.05) is 31.7 Å². The number of halogens is 3. The van der Waals surface area contributed by atoms with E-state index < -0.39 is 5.91 Å². The minimum absolute atomic E-state index is 0.272. The first-order chi connectivity index (χ1) is 10.5. The number of hydrazone groups is 1. The van der Waals surface area contributed by atoms with Gasteiger partial charge in [-0.2, -0.15) is 10.4 Å². The molecule has 0 spiro atoms. The van der Waals surface area contributed by atoms with Crippen molar-refractivity contribution in [1.82, 2.24) is 4.90 Å². The molecule has 0 bridgehead atoms. The molecule has 0 unspecified atom stereocenters. The van der Waals surface area contributed by atoms with Crippen molar-refractivity contribution in [2.24, 2.45) is 5.10 Å². The molecule has 6 nitrogen and oxygen atoms in total. The summed E-state index contributed by atoms with van der Waals surface area (Å²) in [4.78, 5) is 13.7. The Morgan fingerprint density at radius 2 is 1.86 bits per heavy atom. The smallest absolute Gasteiger partial charge is 0.285 e. The van der Waals surface area contributed by atoms with Gasteiger partial charge in [0.05, 0.1) is 34.0 Å². The van der Waals surface area contributed by atoms with Gasteiger partial charge in [0.2, 0.25) is 5.71 Å². The molecular formula is C13H11Cl3N4O2. The van der Waals surface area contributed by atoms with Crippen LogP contribution < -0.4 is 5.43 Å². The van der Waals surface area contributed by atoms with Crippen LogP contribution in [0.2, 0.25) is 15.1 Å². The van der Waals surface area contributed by atoms with Gasteiger partial charge < -0.3 is 9.64 Å². The molecule has 116 valence electrons. The summed E-state index contributed by atoms with van der Waals surface area (Å²) in [5, 5.41) is 13.7. The number of hydrogen-bond acceptors (Lipinski definition) is 5. The number of carbonyl (C=O) groups is 1. The maximum absolute atomic E-state index is 12.2. The topological polar surface area (TPSA) is 77.7 Å². The zero-order valence-corrected chi connectivity index (χ0v) is 13.5. The second kappa shape index (κ2) is 7.65. The molecule has 1 N–H and O–H groups in total. The lowest BCUT2D eigenvalue weighted by Gasteiger charge is -2.25. The standard InChI is InChI=1S/C13H11Cl3N4O2/c14-8-5-10(16)11(6-9(8)15)18-19-12(7-17)13(21)20-1-3-22-4-2-20/h5-6,18H,1-4H2/b19-12+. The summed E-state index contributed by atoms with van der Waals surface area (Å²) in [6.07, 6.45) is 0. The van der Waals surface area contributed by atoms with Crippen LogP contribution in [0.1, 0.15) is 0 Å². The number of hydrogen-bond donors (Lipinski definition) is 1. The predicted octanol–water partition coefficient (Wildman–Crippen LogP) is 2.80. The van der Waals surface area contributed by atoms with Crippen LogP contribution >= 0.6 is 34.8 Å². The van der Waals surface area contributed by atoms with Crippen LogP contribution in [-0.2, 0) is 9.53 Å². The Morgan fingerprint density at radius 3 is 2.50 bits per heavy atom. The fourth-order valence-electron chi connectivity index (χ4n) is 1.76. The lowest BCUT2D eigenvalue weighted by atomic mass is 10.3. The van der Waals surface area contributed by atoms with Crippen molar-refractivity contribution < 1.29 is 9.53 Å². The molecule has 0 atom stereocenters. The Hall–Kier alpha value is -1.52. The number of amides is 1. The Bertz CT molecular complexity index is 651. The van der Waals surface area contributed by atoms with Gasteiger partial charge in [0.15, 0.2) is 0 Å². The molecule has 1 heterocycles. The molecule has 0 saturated carbocycles. The number of anilines is 1. The number of nitriles is 1. The van der Waals surface area contributed by atoms with E-state index in [9.17, 15) is 4.79 Å². The highest BCUT2D eigenvalue weighted by atomic mass is 35.5. The van der Waals surface area contributed by atoms with Crippen LogP contribution in [0, 0.1) is 11.3 Å². The van der Waals surface area contributed by atoms with Gasteiger partial charge >= 0.3 is 0 Å². The number of benzene rings is 1. The third kappa shape index (κ3) is 4.02. The molecular weight excluding hydrogens is 351 g/mol. The van der Waals surface area contributed by atoms with Crippen molar-refractivity contribution in [3.05, 3.63) is 27.2 Å². The quantitative estimate of drug-likeness (QED) is 0.510. The van der Waals surface area contributed by atoms with Gasteiger partial charge in [0.1, 0.15) is 6.07 Å². The third-order valence-corrected chi connectivity index (χ3v) is 3.94. The normalized spacial score (nSPS) is 15.4. The first kappa shape index (κ1) is 16.8. The van der Waals surface area contributed by atoms with E-state index in [2.05, 4.69) is 10.5 Å². The number of rotatable bonds is 3. The molecule has 1 aromatic carbocycles.